The van der Waals surface area contributed by atoms with Crippen molar-refractivity contribution in [1.82, 2.24) is 0 Å². The van der Waals surface area contributed by atoms with Gasteiger partial charge in [0.25, 0.3) is 0 Å². The van der Waals surface area contributed by atoms with Crippen LogP contribution < -0.4 is 0 Å². The lowest BCUT2D eigenvalue weighted by Crippen LogP contribution is -2.63. The zero-order chi connectivity index (χ0) is 52.9. The Morgan fingerprint density at radius 2 is 1.26 bits per heavy atom. The Balaban J connectivity index is 0.737. The maximum Gasteiger partial charge on any atom is 0.187 e. The molecule has 5 aliphatic heterocycles. The molecule has 0 amide bonds. The number of carbonyl (C=O) groups is 1. The first-order valence-corrected chi connectivity index (χ1v) is 26.5. The highest BCUT2D eigenvalue weighted by Gasteiger charge is 2.54. The van der Waals surface area contributed by atoms with Gasteiger partial charge in [-0.2, -0.15) is 0 Å². The predicted octanol–water partition coefficient (Wildman–Crippen LogP) is 0.748. The van der Waals surface area contributed by atoms with Gasteiger partial charge in [-0.3, -0.25) is 4.79 Å². The second-order valence-corrected chi connectivity index (χ2v) is 22.0. The van der Waals surface area contributed by atoms with E-state index < -0.39 is 142 Å². The lowest BCUT2D eigenvalue weighted by Gasteiger charge is -2.53. The molecule has 22 heteroatoms. The summed E-state index contributed by atoms with van der Waals surface area (Å²) < 4.78 is 78.8. The highest BCUT2D eigenvalue weighted by atomic mass is 16.8. The van der Waals surface area contributed by atoms with E-state index in [9.17, 15) is 45.6 Å². The van der Waals surface area contributed by atoms with E-state index in [4.69, 9.17) is 61.3 Å². The number of aryl methyl sites for hydroxylation is 1. The van der Waals surface area contributed by atoms with Crippen molar-refractivity contribution in [2.75, 3.05) is 27.4 Å². The second-order valence-electron chi connectivity index (χ2n) is 22.0. The van der Waals surface area contributed by atoms with E-state index in [1.807, 2.05) is 19.9 Å². The van der Waals surface area contributed by atoms with Crippen molar-refractivity contribution < 1.29 is 107 Å². The minimum Gasteiger partial charge on any atom is -0.469 e. The topological polar surface area (TPSA) is 303 Å². The lowest BCUT2D eigenvalue weighted by atomic mass is 9.52. The van der Waals surface area contributed by atoms with E-state index >= 15 is 0 Å². The van der Waals surface area contributed by atoms with Crippen molar-refractivity contribution in [3.63, 3.8) is 0 Å². The number of ketones is 1. The van der Waals surface area contributed by atoms with Crippen LogP contribution in [0.4, 0.5) is 0 Å². The molecule has 7 fully saturated rings. The number of carbonyl (C=O) groups excluding carboxylic acids is 1. The Morgan fingerprint density at radius 1 is 0.676 bits per heavy atom. The Kier molecular flexibility index (Phi) is 18.1. The molecule has 6 heterocycles. The number of allylic oxidation sites excluding steroid dienone is 1. The summed E-state index contributed by atoms with van der Waals surface area (Å²) in [5.74, 6) is 1.41. The summed E-state index contributed by atoms with van der Waals surface area (Å²) in [6.07, 6.45) is -14.5. The zero-order valence-electron chi connectivity index (χ0n) is 43.3. The molecular formula is C52H80O22. The van der Waals surface area contributed by atoms with Crippen LogP contribution >= 0.6 is 0 Å². The van der Waals surface area contributed by atoms with E-state index in [0.29, 0.717) is 18.1 Å². The predicted molar refractivity (Wildman–Crippen MR) is 252 cm³/mol. The number of furan rings is 1. The average molecular weight is 1060 g/mol. The average Bonchev–Trinajstić information content (AvgIpc) is 3.81. The van der Waals surface area contributed by atoms with Gasteiger partial charge in [-0.15, -0.1) is 0 Å². The van der Waals surface area contributed by atoms with Crippen LogP contribution in [-0.2, 0) is 61.6 Å². The quantitative estimate of drug-likeness (QED) is 0.112. The Labute approximate surface area is 431 Å². The van der Waals surface area contributed by atoms with Gasteiger partial charge in [0.1, 0.15) is 78.7 Å². The number of fused-ring (bicyclic) bond motifs is 3. The summed E-state index contributed by atoms with van der Waals surface area (Å²) in [7, 11) is 3.09. The third-order valence-electron chi connectivity index (χ3n) is 17.5. The molecule has 0 bridgehead atoms. The van der Waals surface area contributed by atoms with Gasteiger partial charge < -0.3 is 102 Å². The normalized spacial score (nSPS) is 49.2. The van der Waals surface area contributed by atoms with Crippen LogP contribution in [-0.4, -0.2) is 215 Å². The lowest BCUT2D eigenvalue weighted by molar-refractivity contribution is -0.361. The van der Waals surface area contributed by atoms with Crippen LogP contribution in [0, 0.1) is 24.2 Å². The monoisotopic (exact) mass is 1060 g/mol. The number of ether oxygens (including phenoxy) is 12. The first-order chi connectivity index (χ1) is 35.3. The van der Waals surface area contributed by atoms with Crippen molar-refractivity contribution in [3.05, 3.63) is 35.3 Å². The molecule has 0 radical (unpaired) electrons. The third-order valence-corrected chi connectivity index (χ3v) is 17.5. The molecule has 420 valence electrons. The molecule has 0 spiro atoms. The summed E-state index contributed by atoms with van der Waals surface area (Å²) in [6, 6.07) is 1.96. The molecule has 1 aromatic heterocycles. The fourth-order valence-corrected chi connectivity index (χ4v) is 13.2. The van der Waals surface area contributed by atoms with Gasteiger partial charge >= 0.3 is 0 Å². The number of hydrogen-bond donors (Lipinski definition) is 8. The maximum atomic E-state index is 13.9. The fraction of sp³-hybridized carbons (Fsp3) is 0.865. The minimum atomic E-state index is -1.76. The molecule has 0 unspecified atom stereocenters. The first-order valence-electron chi connectivity index (χ1n) is 26.5. The first kappa shape index (κ1) is 56.6. The number of aliphatic hydroxyl groups is 8. The van der Waals surface area contributed by atoms with Crippen molar-refractivity contribution in [1.29, 1.82) is 0 Å². The van der Waals surface area contributed by atoms with Gasteiger partial charge in [0.15, 0.2) is 31.5 Å². The standard InChI is InChI=1S/C52H80O22/c1-22-28(13-15-64-22)29-10-11-31-30(40(29)55)9-8-26-16-27(12-14-52(26,31)5)69-38-18-33(62-6)48(24(3)67-38)73-37-17-32(54)47(23(2)66-37)72-39-19-34(63-7)49(25(4)68-39)74-51-46(61)44(59)42(57)36(71-51)21-65-50-45(60)43(58)41(56)35(20-53)70-50/h8,13,15,23-25,27,29-39,41-51,53-54,56-61H,9-12,14,16-21H2,1-7H3/t23-,24-,25-,27+,29-,30-,31+,32-,33-,34-,35-,36-,37+,38+,39+,41-,42-,43+,44+,45-,46-,47-,48-,49-,50-,51+,52+/m1/s1. The van der Waals surface area contributed by atoms with Crippen molar-refractivity contribution in [3.8, 4) is 0 Å². The highest BCUT2D eigenvalue weighted by Crippen LogP contribution is 2.58. The summed E-state index contributed by atoms with van der Waals surface area (Å²) >= 11 is 0. The van der Waals surface area contributed by atoms with E-state index in [-0.39, 0.29) is 42.3 Å². The van der Waals surface area contributed by atoms with Crippen LogP contribution in [0.1, 0.15) is 103 Å². The SMILES string of the molecule is CO[C@@H]1C[C@H](O[C@H]2CC[C@@]3(C)C(=CC[C@H]4C(=O)[C@@H](c5ccoc5C)CC[C@@H]43)C2)O[C@H](C)[C@H]1O[C@H]1C[C@@H](O)[C@H](O[C@H]2C[C@@H](OC)[C@H](O[C@@H]3O[C@H](CO[C@@H]4O[C@H](CO)[C@@H](O)[C@H](O)[C@H]4O)[C@@H](O)[C@H](O)[C@H]3O)[C@@H](C)O2)[C@@H](C)O1. The fourth-order valence-electron chi connectivity index (χ4n) is 13.2. The van der Waals surface area contributed by atoms with Gasteiger partial charge in [0.05, 0.1) is 62.2 Å². The number of hydrogen-bond acceptors (Lipinski definition) is 22. The zero-order valence-corrected chi connectivity index (χ0v) is 43.3. The summed E-state index contributed by atoms with van der Waals surface area (Å²) in [5, 5.41) is 84.1. The van der Waals surface area contributed by atoms with E-state index in [1.54, 1.807) is 27.2 Å². The Bertz CT molecular complexity index is 2030. The van der Waals surface area contributed by atoms with Crippen molar-refractivity contribution >= 4 is 5.78 Å². The van der Waals surface area contributed by atoms with E-state index in [2.05, 4.69) is 13.0 Å². The Morgan fingerprint density at radius 3 is 1.88 bits per heavy atom. The molecule has 27 atom stereocenters. The van der Waals surface area contributed by atoms with Gasteiger partial charge in [-0.25, -0.2) is 0 Å². The molecule has 5 saturated heterocycles. The van der Waals surface area contributed by atoms with Crippen LogP contribution in [0.15, 0.2) is 28.4 Å². The van der Waals surface area contributed by atoms with Crippen molar-refractivity contribution in [2.24, 2.45) is 17.3 Å². The second kappa shape index (κ2) is 23.7. The maximum absolute atomic E-state index is 13.9. The minimum absolute atomic E-state index is 0.0159. The van der Waals surface area contributed by atoms with Crippen molar-refractivity contribution in [2.45, 2.75) is 240 Å². The molecule has 8 N–H and O–H groups in total. The molecule has 74 heavy (non-hydrogen) atoms. The number of Topliss-reactive ketones (excluding diaryl/α,β-unsaturated/α-hetero) is 1. The molecule has 0 aromatic carbocycles. The summed E-state index contributed by atoms with van der Waals surface area (Å²) in [6.45, 7) is 8.46. The van der Waals surface area contributed by atoms with E-state index in [1.165, 1.54) is 12.7 Å². The molecule has 22 nitrogen and oxygen atoms in total. The molecule has 2 saturated carbocycles. The highest BCUT2D eigenvalue weighted by molar-refractivity contribution is 5.89. The molecule has 8 aliphatic rings. The molecule has 9 rings (SSSR count). The third kappa shape index (κ3) is 11.4. The molecule has 3 aliphatic carbocycles. The van der Waals surface area contributed by atoms with Gasteiger partial charge in [0, 0.05) is 50.9 Å². The number of aliphatic hydroxyl groups excluding tert-OH is 8. The Hall–Kier alpha value is -2.11. The van der Waals surface area contributed by atoms with Crippen LogP contribution in [0.25, 0.3) is 0 Å². The summed E-state index contributed by atoms with van der Waals surface area (Å²) in [4.78, 5) is 13.9. The van der Waals surface area contributed by atoms with Gasteiger partial charge in [0.2, 0.25) is 0 Å². The number of methoxy groups -OCH3 is 2. The van der Waals surface area contributed by atoms with E-state index in [0.717, 1.165) is 49.8 Å². The molecule has 1 aromatic rings. The van der Waals surface area contributed by atoms with Crippen LogP contribution in [0.3, 0.4) is 0 Å². The smallest absolute Gasteiger partial charge is 0.187 e. The largest absolute Gasteiger partial charge is 0.469 e. The van der Waals surface area contributed by atoms with Gasteiger partial charge in [-0.05, 0) is 83.6 Å². The molecular weight excluding hydrogens is 977 g/mol. The summed E-state index contributed by atoms with van der Waals surface area (Å²) in [5.41, 5.74) is 2.37. The van der Waals surface area contributed by atoms with Crippen LogP contribution in [0.2, 0.25) is 0 Å². The van der Waals surface area contributed by atoms with Crippen LogP contribution in [0.5, 0.6) is 0 Å². The number of rotatable bonds is 15. The van der Waals surface area contributed by atoms with Gasteiger partial charge in [-0.1, -0.05) is 18.6 Å².